The first kappa shape index (κ1) is 13.6. The second-order valence-corrected chi connectivity index (χ2v) is 2.04. The monoisotopic (exact) mass is 190 g/mol. The van der Waals surface area contributed by atoms with E-state index in [1.54, 1.807) is 6.08 Å². The fraction of sp³-hybridized carbons (Fsp3) is 0.556. The minimum atomic E-state index is 0. The minimum Gasteiger partial charge on any atom is -0.381 e. The Morgan fingerprint density at radius 1 is 1.27 bits per heavy atom. The van der Waals surface area contributed by atoms with Gasteiger partial charge in [0, 0.05) is 31.8 Å². The summed E-state index contributed by atoms with van der Waals surface area (Å²) in [4.78, 5) is 0. The predicted molar refractivity (Wildman–Crippen MR) is 43.7 cm³/mol. The third-order valence-electron chi connectivity index (χ3n) is 1.13. The van der Waals surface area contributed by atoms with Gasteiger partial charge in [-0.2, -0.15) is 6.08 Å². The molecule has 0 aliphatic carbocycles. The summed E-state index contributed by atoms with van der Waals surface area (Å²) in [5.74, 6) is 0. The summed E-state index contributed by atoms with van der Waals surface area (Å²) in [5.41, 5.74) is 0. The van der Waals surface area contributed by atoms with E-state index in [-0.39, 0.29) is 18.6 Å². The molecule has 1 radical (unpaired) electrons. The molecule has 1 aliphatic heterocycles. The maximum atomic E-state index is 4.94. The van der Waals surface area contributed by atoms with Gasteiger partial charge in [0.15, 0.2) is 0 Å². The standard InChI is InChI=1S/C5H7.C4H8O.V/c1-3-5-4-2;1-2-4-5-3-1;/h1,3-5H,2H3;1-4H2;/q-1;;. The SMILES string of the molecule is C1CCOC1.[CH-]=CC=CC.[V]. The molecular formula is C9H15OV-. The molecule has 0 aromatic rings. The summed E-state index contributed by atoms with van der Waals surface area (Å²) < 4.78 is 4.94. The molecular weight excluding hydrogens is 175 g/mol. The van der Waals surface area contributed by atoms with Gasteiger partial charge in [0.05, 0.1) is 0 Å². The Bertz CT molecular complexity index is 88.1. The molecule has 0 N–H and O–H groups in total. The quantitative estimate of drug-likeness (QED) is 0.455. The summed E-state index contributed by atoms with van der Waals surface area (Å²) >= 11 is 0. The molecule has 0 saturated carbocycles. The van der Waals surface area contributed by atoms with Crippen molar-refractivity contribution in [3.05, 3.63) is 24.8 Å². The van der Waals surface area contributed by atoms with Gasteiger partial charge < -0.3 is 4.74 Å². The number of allylic oxidation sites excluding steroid dienone is 3. The van der Waals surface area contributed by atoms with E-state index in [2.05, 4.69) is 0 Å². The van der Waals surface area contributed by atoms with Crippen LogP contribution in [-0.2, 0) is 23.3 Å². The van der Waals surface area contributed by atoms with Crippen molar-refractivity contribution < 1.29 is 23.3 Å². The molecule has 11 heavy (non-hydrogen) atoms. The van der Waals surface area contributed by atoms with Gasteiger partial charge in [-0.05, 0) is 12.8 Å². The Kier molecular flexibility index (Phi) is 15.7. The van der Waals surface area contributed by atoms with E-state index in [0.717, 1.165) is 13.2 Å². The Labute approximate surface area is 81.4 Å². The minimum absolute atomic E-state index is 0. The summed E-state index contributed by atoms with van der Waals surface area (Å²) in [6.45, 7) is 8.85. The van der Waals surface area contributed by atoms with Gasteiger partial charge in [-0.3, -0.25) is 6.58 Å². The van der Waals surface area contributed by atoms with Gasteiger partial charge in [0.25, 0.3) is 0 Å². The topological polar surface area (TPSA) is 9.23 Å². The zero-order valence-electron chi connectivity index (χ0n) is 6.99. The number of rotatable bonds is 1. The van der Waals surface area contributed by atoms with E-state index >= 15 is 0 Å². The third-order valence-corrected chi connectivity index (χ3v) is 1.13. The van der Waals surface area contributed by atoms with E-state index in [9.17, 15) is 0 Å². The molecule has 0 aromatic carbocycles. The van der Waals surface area contributed by atoms with Crippen molar-refractivity contribution >= 4 is 0 Å². The van der Waals surface area contributed by atoms with Crippen LogP contribution in [0.15, 0.2) is 18.2 Å². The van der Waals surface area contributed by atoms with Gasteiger partial charge in [-0.15, -0.1) is 0 Å². The summed E-state index contributed by atoms with van der Waals surface area (Å²) in [5, 5.41) is 0. The van der Waals surface area contributed by atoms with Crippen LogP contribution in [0.1, 0.15) is 19.8 Å². The van der Waals surface area contributed by atoms with Crippen LogP contribution < -0.4 is 0 Å². The summed E-state index contributed by atoms with van der Waals surface area (Å²) in [6.07, 6.45) is 7.71. The van der Waals surface area contributed by atoms with Crippen LogP contribution >= 0.6 is 0 Å². The fourth-order valence-electron chi connectivity index (χ4n) is 0.621. The Hall–Kier alpha value is 0.0244. The van der Waals surface area contributed by atoms with Crippen molar-refractivity contribution in [3.8, 4) is 0 Å². The van der Waals surface area contributed by atoms with E-state index in [1.807, 2.05) is 13.0 Å². The van der Waals surface area contributed by atoms with Crippen LogP contribution in [-0.4, -0.2) is 13.2 Å². The van der Waals surface area contributed by atoms with Crippen LogP contribution in [0.3, 0.4) is 0 Å². The van der Waals surface area contributed by atoms with Crippen LogP contribution in [0.4, 0.5) is 0 Å². The molecule has 0 bridgehead atoms. The van der Waals surface area contributed by atoms with Crippen molar-refractivity contribution in [1.82, 2.24) is 0 Å². The third kappa shape index (κ3) is 13.1. The Morgan fingerprint density at radius 3 is 1.91 bits per heavy atom. The second-order valence-electron chi connectivity index (χ2n) is 2.04. The van der Waals surface area contributed by atoms with E-state index < -0.39 is 0 Å². The molecule has 0 unspecified atom stereocenters. The molecule has 0 aromatic heterocycles. The largest absolute Gasteiger partial charge is 0.381 e. The van der Waals surface area contributed by atoms with Crippen LogP contribution in [0.25, 0.3) is 0 Å². The van der Waals surface area contributed by atoms with Crippen molar-refractivity contribution in [3.63, 3.8) is 0 Å². The van der Waals surface area contributed by atoms with Gasteiger partial charge >= 0.3 is 0 Å². The molecule has 0 atom stereocenters. The van der Waals surface area contributed by atoms with Gasteiger partial charge in [0.2, 0.25) is 0 Å². The second kappa shape index (κ2) is 12.7. The first-order valence-electron chi connectivity index (χ1n) is 3.65. The average molecular weight is 190 g/mol. The molecule has 0 amide bonds. The summed E-state index contributed by atoms with van der Waals surface area (Å²) in [7, 11) is 0. The number of hydrogen-bond donors (Lipinski definition) is 0. The zero-order valence-corrected chi connectivity index (χ0v) is 8.39. The molecule has 63 valence electrons. The molecule has 0 spiro atoms. The predicted octanol–water partition coefficient (Wildman–Crippen LogP) is 2.35. The van der Waals surface area contributed by atoms with E-state index in [1.165, 1.54) is 18.9 Å². The molecule has 1 heterocycles. The number of ether oxygens (including phenoxy) is 1. The molecule has 1 nitrogen and oxygen atoms in total. The molecule has 1 rings (SSSR count). The number of hydrogen-bond acceptors (Lipinski definition) is 1. The fourth-order valence-corrected chi connectivity index (χ4v) is 0.621. The maximum absolute atomic E-state index is 4.94. The normalized spacial score (nSPS) is 15.0. The molecule has 1 aliphatic rings. The van der Waals surface area contributed by atoms with Crippen molar-refractivity contribution in [2.45, 2.75) is 19.8 Å². The van der Waals surface area contributed by atoms with E-state index in [0.29, 0.717) is 0 Å². The van der Waals surface area contributed by atoms with E-state index in [4.69, 9.17) is 11.3 Å². The first-order valence-corrected chi connectivity index (χ1v) is 3.65. The van der Waals surface area contributed by atoms with Crippen LogP contribution in [0, 0.1) is 6.58 Å². The summed E-state index contributed by atoms with van der Waals surface area (Å²) in [6, 6.07) is 0. The van der Waals surface area contributed by atoms with Crippen molar-refractivity contribution in [1.29, 1.82) is 0 Å². The van der Waals surface area contributed by atoms with Crippen molar-refractivity contribution in [2.24, 2.45) is 0 Å². The molecule has 1 saturated heterocycles. The smallest absolute Gasteiger partial charge is 0.0466 e. The zero-order chi connectivity index (χ0) is 7.66. The van der Waals surface area contributed by atoms with Gasteiger partial charge in [-0.1, -0.05) is 6.92 Å². The van der Waals surface area contributed by atoms with Crippen molar-refractivity contribution in [2.75, 3.05) is 13.2 Å². The molecule has 1 fully saturated rings. The van der Waals surface area contributed by atoms with Gasteiger partial charge in [-0.25, -0.2) is 12.2 Å². The maximum Gasteiger partial charge on any atom is 0.0466 e. The Morgan fingerprint density at radius 2 is 1.82 bits per heavy atom. The molecule has 2 heteroatoms. The van der Waals surface area contributed by atoms with Crippen LogP contribution in [0.5, 0.6) is 0 Å². The van der Waals surface area contributed by atoms with Crippen LogP contribution in [0.2, 0.25) is 0 Å². The average Bonchev–Trinajstić information content (AvgIpc) is 2.44. The Balaban J connectivity index is 0. The van der Waals surface area contributed by atoms with Gasteiger partial charge in [0.1, 0.15) is 0 Å². The first-order chi connectivity index (χ1) is 4.91.